The van der Waals surface area contributed by atoms with Crippen molar-refractivity contribution in [2.24, 2.45) is 0 Å². The summed E-state index contributed by atoms with van der Waals surface area (Å²) < 4.78 is 2.33. The van der Waals surface area contributed by atoms with Gasteiger partial charge in [-0.3, -0.25) is 0 Å². The van der Waals surface area contributed by atoms with Gasteiger partial charge in [-0.2, -0.15) is 0 Å². The van der Waals surface area contributed by atoms with E-state index >= 15 is 0 Å². The van der Waals surface area contributed by atoms with Gasteiger partial charge in [-0.05, 0) is 87.7 Å². The quantitative estimate of drug-likeness (QED) is 0.237. The van der Waals surface area contributed by atoms with Gasteiger partial charge < -0.3 is 4.40 Å². The van der Waals surface area contributed by atoms with Gasteiger partial charge in [0.2, 0.25) is 0 Å². The predicted molar refractivity (Wildman–Crippen MR) is 129 cm³/mol. The lowest BCUT2D eigenvalue weighted by Crippen LogP contribution is -1.92. The van der Waals surface area contributed by atoms with Gasteiger partial charge in [0.25, 0.3) is 0 Å². The van der Waals surface area contributed by atoms with Crippen molar-refractivity contribution in [3.05, 3.63) is 113 Å². The molecule has 0 amide bonds. The second-order valence-electron chi connectivity index (χ2n) is 8.98. The Morgan fingerprint density at radius 3 is 2.19 bits per heavy atom. The fourth-order valence-electron chi connectivity index (χ4n) is 6.11. The van der Waals surface area contributed by atoms with Gasteiger partial charge in [0.15, 0.2) is 0 Å². The van der Waals surface area contributed by atoms with Gasteiger partial charge >= 0.3 is 0 Å². The van der Waals surface area contributed by atoms with E-state index in [-0.39, 0.29) is 0 Å². The number of rotatable bonds is 0. The number of fused-ring (bicyclic) bond motifs is 13. The fourth-order valence-corrected chi connectivity index (χ4v) is 6.11. The number of nitrogens with zero attached hydrogens (tertiary/aromatic N) is 1. The van der Waals surface area contributed by atoms with Gasteiger partial charge in [0.1, 0.15) is 0 Å². The smallest absolute Gasteiger partial charge is 0.0535 e. The Morgan fingerprint density at radius 2 is 1.23 bits per heavy atom. The Labute approximate surface area is 180 Å². The molecule has 1 nitrogen and oxygen atoms in total. The number of aromatic nitrogens is 1. The molecular formula is C30H19N. The third-order valence-electron chi connectivity index (χ3n) is 7.42. The van der Waals surface area contributed by atoms with Gasteiger partial charge in [0, 0.05) is 22.4 Å². The lowest BCUT2D eigenvalue weighted by atomic mass is 9.93. The number of benzene rings is 4. The number of hydrogen-bond donors (Lipinski definition) is 0. The normalized spacial score (nSPS) is 13.5. The molecule has 0 saturated carbocycles. The topological polar surface area (TPSA) is 4.41 Å². The van der Waals surface area contributed by atoms with Crippen molar-refractivity contribution in [2.45, 2.75) is 12.8 Å². The maximum absolute atomic E-state index is 2.49. The summed E-state index contributed by atoms with van der Waals surface area (Å²) in [6.07, 6.45) is 4.25. The van der Waals surface area contributed by atoms with Gasteiger partial charge in [-0.25, -0.2) is 0 Å². The molecule has 0 fully saturated rings. The SMILES string of the molecule is c1ccc2c(c1)Cc1cc3c(cc1-2)Cc1ccc2c(c1-3)c1ccccc1n1cccc21. The average molecular weight is 393 g/mol. The summed E-state index contributed by atoms with van der Waals surface area (Å²) in [6, 6.07) is 31.8. The predicted octanol–water partition coefficient (Wildman–Crippen LogP) is 7.39. The van der Waals surface area contributed by atoms with Gasteiger partial charge in [-0.1, -0.05) is 54.6 Å². The van der Waals surface area contributed by atoms with E-state index in [0.29, 0.717) is 0 Å². The molecule has 144 valence electrons. The summed E-state index contributed by atoms with van der Waals surface area (Å²) in [7, 11) is 0. The average Bonchev–Trinajstić information content (AvgIpc) is 3.52. The minimum absolute atomic E-state index is 1.02. The Balaban J connectivity index is 1.51. The molecule has 0 N–H and O–H groups in total. The molecule has 0 radical (unpaired) electrons. The van der Waals surface area contributed by atoms with Crippen LogP contribution in [0.3, 0.4) is 0 Å². The van der Waals surface area contributed by atoms with Crippen LogP contribution in [0.1, 0.15) is 22.3 Å². The third-order valence-corrected chi connectivity index (χ3v) is 7.42. The van der Waals surface area contributed by atoms with E-state index in [2.05, 4.69) is 95.5 Å². The van der Waals surface area contributed by atoms with E-state index in [1.807, 2.05) is 0 Å². The molecule has 0 unspecified atom stereocenters. The van der Waals surface area contributed by atoms with Crippen LogP contribution in [-0.2, 0) is 12.8 Å². The van der Waals surface area contributed by atoms with Crippen molar-refractivity contribution in [3.63, 3.8) is 0 Å². The molecule has 4 aromatic carbocycles. The van der Waals surface area contributed by atoms with Crippen molar-refractivity contribution in [2.75, 3.05) is 0 Å². The molecule has 2 aliphatic carbocycles. The van der Waals surface area contributed by atoms with E-state index in [4.69, 9.17) is 0 Å². The molecule has 1 heteroatoms. The summed E-state index contributed by atoms with van der Waals surface area (Å²) in [5.41, 5.74) is 14.2. The lowest BCUT2D eigenvalue weighted by molar-refractivity contribution is 1.24. The van der Waals surface area contributed by atoms with Crippen LogP contribution in [0.5, 0.6) is 0 Å². The van der Waals surface area contributed by atoms with Crippen molar-refractivity contribution >= 4 is 27.2 Å². The molecule has 0 saturated heterocycles. The highest BCUT2D eigenvalue weighted by atomic mass is 14.9. The highest BCUT2D eigenvalue weighted by Crippen LogP contribution is 2.48. The molecular weight excluding hydrogens is 374 g/mol. The van der Waals surface area contributed by atoms with Crippen LogP contribution in [0, 0.1) is 0 Å². The molecule has 2 aliphatic rings. The van der Waals surface area contributed by atoms with Gasteiger partial charge in [-0.15, -0.1) is 0 Å². The van der Waals surface area contributed by atoms with E-state index in [1.54, 1.807) is 0 Å². The zero-order valence-electron chi connectivity index (χ0n) is 17.0. The molecule has 6 aromatic rings. The largest absolute Gasteiger partial charge is 0.316 e. The molecule has 31 heavy (non-hydrogen) atoms. The second kappa shape index (κ2) is 5.44. The van der Waals surface area contributed by atoms with Crippen molar-refractivity contribution in [1.29, 1.82) is 0 Å². The second-order valence-corrected chi connectivity index (χ2v) is 8.98. The van der Waals surface area contributed by atoms with Crippen LogP contribution in [0.25, 0.3) is 49.4 Å². The van der Waals surface area contributed by atoms with Crippen LogP contribution >= 0.6 is 0 Å². The summed E-state index contributed by atoms with van der Waals surface area (Å²) in [5.74, 6) is 0. The van der Waals surface area contributed by atoms with E-state index in [1.165, 1.54) is 71.7 Å². The minimum atomic E-state index is 1.02. The number of hydrogen-bond acceptors (Lipinski definition) is 0. The molecule has 0 bridgehead atoms. The third kappa shape index (κ3) is 1.92. The van der Waals surface area contributed by atoms with E-state index in [0.717, 1.165) is 12.8 Å². The Hall–Kier alpha value is -3.84. The Bertz CT molecular complexity index is 1730. The van der Waals surface area contributed by atoms with Crippen LogP contribution in [0.15, 0.2) is 91.1 Å². The molecule has 2 heterocycles. The zero-order chi connectivity index (χ0) is 20.1. The molecule has 0 spiro atoms. The standard InChI is InChI=1S/C30H19N/c1-2-7-22-18(6-1)14-20-17-26-21(16-25(20)22)15-19-11-12-24-28-10-5-13-31(28)27-9-4-3-8-23(27)30(24)29(19)26/h1-13,16-17H,14-15H2. The summed E-state index contributed by atoms with van der Waals surface area (Å²) >= 11 is 0. The first-order valence-electron chi connectivity index (χ1n) is 11.0. The van der Waals surface area contributed by atoms with Crippen LogP contribution in [0.4, 0.5) is 0 Å². The Morgan fingerprint density at radius 1 is 0.516 bits per heavy atom. The van der Waals surface area contributed by atoms with Crippen LogP contribution in [0.2, 0.25) is 0 Å². The molecule has 0 aliphatic heterocycles. The fraction of sp³-hybridized carbons (Fsp3) is 0.0667. The van der Waals surface area contributed by atoms with Crippen molar-refractivity contribution in [3.8, 4) is 22.3 Å². The number of pyridine rings is 1. The highest BCUT2D eigenvalue weighted by Gasteiger charge is 2.27. The highest BCUT2D eigenvalue weighted by molar-refractivity contribution is 6.20. The number of para-hydroxylation sites is 1. The lowest BCUT2D eigenvalue weighted by Gasteiger charge is -2.14. The molecule has 8 rings (SSSR count). The molecule has 0 atom stereocenters. The first kappa shape index (κ1) is 15.9. The summed E-state index contributed by atoms with van der Waals surface area (Å²) in [4.78, 5) is 0. The Kier molecular flexibility index (Phi) is 2.80. The first-order chi connectivity index (χ1) is 15.4. The van der Waals surface area contributed by atoms with Crippen molar-refractivity contribution < 1.29 is 0 Å². The monoisotopic (exact) mass is 393 g/mol. The maximum Gasteiger partial charge on any atom is 0.0535 e. The van der Waals surface area contributed by atoms with E-state index in [9.17, 15) is 0 Å². The van der Waals surface area contributed by atoms with Crippen LogP contribution < -0.4 is 0 Å². The van der Waals surface area contributed by atoms with Crippen LogP contribution in [-0.4, -0.2) is 4.40 Å². The van der Waals surface area contributed by atoms with Gasteiger partial charge in [0.05, 0.1) is 11.0 Å². The maximum atomic E-state index is 2.49. The minimum Gasteiger partial charge on any atom is -0.316 e. The van der Waals surface area contributed by atoms with E-state index < -0.39 is 0 Å². The molecule has 2 aromatic heterocycles. The zero-order valence-corrected chi connectivity index (χ0v) is 17.0. The summed E-state index contributed by atoms with van der Waals surface area (Å²) in [5, 5.41) is 4.10. The van der Waals surface area contributed by atoms with Crippen molar-refractivity contribution in [1.82, 2.24) is 4.40 Å². The first-order valence-corrected chi connectivity index (χ1v) is 11.0. The summed E-state index contributed by atoms with van der Waals surface area (Å²) in [6.45, 7) is 0.